The minimum Gasteiger partial charge on any atom is -0.294 e. The summed E-state index contributed by atoms with van der Waals surface area (Å²) in [5.41, 5.74) is 2.49. The van der Waals surface area contributed by atoms with Crippen molar-refractivity contribution in [2.45, 2.75) is 0 Å². The maximum absolute atomic E-state index is 12.1. The molecular weight excluding hydrogens is 236 g/mol. The maximum Gasteiger partial charge on any atom is 0.340 e. The Morgan fingerprint density at radius 3 is 2.26 bits per heavy atom. The Bertz CT molecular complexity index is 845. The van der Waals surface area contributed by atoms with E-state index in [0.29, 0.717) is 0 Å². The van der Waals surface area contributed by atoms with Gasteiger partial charge in [0, 0.05) is 18.7 Å². The summed E-state index contributed by atoms with van der Waals surface area (Å²) in [7, 11) is 1.76. The van der Waals surface area contributed by atoms with Gasteiger partial charge in [0.05, 0.1) is 11.0 Å². The van der Waals surface area contributed by atoms with E-state index >= 15 is 0 Å². The van der Waals surface area contributed by atoms with Gasteiger partial charge in [0.1, 0.15) is 0 Å². The molecule has 0 amide bonds. The lowest BCUT2D eigenvalue weighted by atomic mass is 10.2. The lowest BCUT2D eigenvalue weighted by Crippen LogP contribution is -2.19. The SMILES string of the molecule is Cn1c(=O)n(C#Cc2ccccc2)c2ccccc21. The Morgan fingerprint density at radius 1 is 0.895 bits per heavy atom. The largest absolute Gasteiger partial charge is 0.340 e. The Hall–Kier alpha value is -2.73. The van der Waals surface area contributed by atoms with Crippen molar-refractivity contribution in [3.05, 3.63) is 70.6 Å². The summed E-state index contributed by atoms with van der Waals surface area (Å²) in [4.78, 5) is 12.1. The second kappa shape index (κ2) is 4.51. The maximum atomic E-state index is 12.1. The van der Waals surface area contributed by atoms with Crippen LogP contribution in [0, 0.1) is 12.0 Å². The average molecular weight is 248 g/mol. The number of nitrogens with zero attached hydrogens (tertiary/aromatic N) is 2. The summed E-state index contributed by atoms with van der Waals surface area (Å²) in [6.45, 7) is 0. The van der Waals surface area contributed by atoms with E-state index in [0.717, 1.165) is 16.6 Å². The highest BCUT2D eigenvalue weighted by Gasteiger charge is 2.07. The summed E-state index contributed by atoms with van der Waals surface area (Å²) in [6, 6.07) is 20.2. The summed E-state index contributed by atoms with van der Waals surface area (Å²) >= 11 is 0. The summed E-state index contributed by atoms with van der Waals surface area (Å²) in [5.74, 6) is 3.01. The Morgan fingerprint density at radius 2 is 1.53 bits per heavy atom. The van der Waals surface area contributed by atoms with Gasteiger partial charge in [0.15, 0.2) is 0 Å². The lowest BCUT2D eigenvalue weighted by molar-refractivity contribution is 0.857. The Balaban J connectivity index is 2.20. The van der Waals surface area contributed by atoms with Crippen LogP contribution in [0.3, 0.4) is 0 Å². The highest BCUT2D eigenvalue weighted by atomic mass is 16.1. The number of aryl methyl sites for hydroxylation is 1. The zero-order chi connectivity index (χ0) is 13.2. The average Bonchev–Trinajstić information content (AvgIpc) is 2.71. The molecule has 0 aliphatic carbocycles. The van der Waals surface area contributed by atoms with E-state index in [2.05, 4.69) is 12.0 Å². The van der Waals surface area contributed by atoms with Gasteiger partial charge in [0.2, 0.25) is 0 Å². The van der Waals surface area contributed by atoms with Crippen LogP contribution in [0.4, 0.5) is 0 Å². The monoisotopic (exact) mass is 248 g/mol. The van der Waals surface area contributed by atoms with Gasteiger partial charge in [-0.2, -0.15) is 0 Å². The molecule has 0 fully saturated rings. The molecule has 3 aromatic rings. The smallest absolute Gasteiger partial charge is 0.294 e. The zero-order valence-electron chi connectivity index (χ0n) is 10.5. The summed E-state index contributed by atoms with van der Waals surface area (Å²) in [6.07, 6.45) is 0. The first-order chi connectivity index (χ1) is 9.27. The normalized spacial score (nSPS) is 10.2. The van der Waals surface area contributed by atoms with E-state index in [1.54, 1.807) is 11.6 Å². The molecule has 1 aromatic heterocycles. The van der Waals surface area contributed by atoms with Crippen molar-refractivity contribution in [1.29, 1.82) is 0 Å². The van der Waals surface area contributed by atoms with Crippen molar-refractivity contribution >= 4 is 11.0 Å². The van der Waals surface area contributed by atoms with Gasteiger partial charge in [-0.15, -0.1) is 0 Å². The molecule has 0 radical (unpaired) electrons. The number of para-hydroxylation sites is 2. The number of hydrogen-bond acceptors (Lipinski definition) is 1. The van der Waals surface area contributed by atoms with E-state index in [-0.39, 0.29) is 5.69 Å². The number of benzene rings is 2. The zero-order valence-corrected chi connectivity index (χ0v) is 10.5. The van der Waals surface area contributed by atoms with Gasteiger partial charge in [-0.25, -0.2) is 9.36 Å². The van der Waals surface area contributed by atoms with Crippen LogP contribution in [0.5, 0.6) is 0 Å². The van der Waals surface area contributed by atoms with Crippen molar-refractivity contribution < 1.29 is 0 Å². The van der Waals surface area contributed by atoms with Gasteiger partial charge >= 0.3 is 5.69 Å². The topological polar surface area (TPSA) is 26.9 Å². The molecule has 3 heteroatoms. The molecule has 19 heavy (non-hydrogen) atoms. The molecule has 2 aromatic carbocycles. The number of hydrogen-bond donors (Lipinski definition) is 0. The quantitative estimate of drug-likeness (QED) is 0.560. The predicted octanol–water partition coefficient (Wildman–Crippen LogP) is 2.20. The molecule has 0 spiro atoms. The first-order valence-electron chi connectivity index (χ1n) is 6.01. The van der Waals surface area contributed by atoms with Gasteiger partial charge < -0.3 is 0 Å². The molecule has 0 unspecified atom stereocenters. The van der Waals surface area contributed by atoms with E-state index < -0.39 is 0 Å². The van der Waals surface area contributed by atoms with Gasteiger partial charge in [0.25, 0.3) is 0 Å². The van der Waals surface area contributed by atoms with E-state index in [9.17, 15) is 4.79 Å². The molecular formula is C16H12N2O. The van der Waals surface area contributed by atoms with Crippen LogP contribution in [0.25, 0.3) is 11.0 Å². The molecule has 3 rings (SSSR count). The van der Waals surface area contributed by atoms with Crippen molar-refractivity contribution in [3.63, 3.8) is 0 Å². The summed E-state index contributed by atoms with van der Waals surface area (Å²) in [5, 5.41) is 0. The fourth-order valence-corrected chi connectivity index (χ4v) is 2.04. The highest BCUT2D eigenvalue weighted by Crippen LogP contribution is 2.10. The van der Waals surface area contributed by atoms with Crippen LogP contribution in [0.1, 0.15) is 5.56 Å². The second-order valence-corrected chi connectivity index (χ2v) is 4.27. The van der Waals surface area contributed by atoms with Crippen LogP contribution in [-0.2, 0) is 7.05 Å². The van der Waals surface area contributed by atoms with Crippen LogP contribution in [-0.4, -0.2) is 9.13 Å². The van der Waals surface area contributed by atoms with Crippen LogP contribution >= 0.6 is 0 Å². The third-order valence-corrected chi connectivity index (χ3v) is 3.05. The number of rotatable bonds is 0. The first-order valence-corrected chi connectivity index (χ1v) is 6.01. The predicted molar refractivity (Wildman–Crippen MR) is 75.9 cm³/mol. The van der Waals surface area contributed by atoms with Crippen molar-refractivity contribution in [1.82, 2.24) is 9.13 Å². The summed E-state index contributed by atoms with van der Waals surface area (Å²) < 4.78 is 3.09. The number of aromatic nitrogens is 2. The third-order valence-electron chi connectivity index (χ3n) is 3.05. The third kappa shape index (κ3) is 1.94. The number of imidazole rings is 1. The molecule has 0 aliphatic heterocycles. The molecule has 3 nitrogen and oxygen atoms in total. The number of fused-ring (bicyclic) bond motifs is 1. The minimum absolute atomic E-state index is 0.121. The lowest BCUT2D eigenvalue weighted by Gasteiger charge is -1.91. The molecule has 0 saturated heterocycles. The van der Waals surface area contributed by atoms with Gasteiger partial charge in [-0.1, -0.05) is 30.3 Å². The van der Waals surface area contributed by atoms with Crippen molar-refractivity contribution in [3.8, 4) is 12.0 Å². The molecule has 0 saturated carbocycles. The minimum atomic E-state index is -0.121. The Labute approximate surface area is 110 Å². The van der Waals surface area contributed by atoms with Gasteiger partial charge in [-0.05, 0) is 30.2 Å². The van der Waals surface area contributed by atoms with Crippen LogP contribution < -0.4 is 5.69 Å². The van der Waals surface area contributed by atoms with Crippen molar-refractivity contribution in [2.75, 3.05) is 0 Å². The first kappa shape index (κ1) is 11.4. The molecule has 0 aliphatic rings. The van der Waals surface area contributed by atoms with Gasteiger partial charge in [-0.3, -0.25) is 4.57 Å². The molecule has 92 valence electrons. The molecule has 0 atom stereocenters. The fraction of sp³-hybridized carbons (Fsp3) is 0.0625. The fourth-order valence-electron chi connectivity index (χ4n) is 2.04. The Kier molecular flexibility index (Phi) is 2.70. The highest BCUT2D eigenvalue weighted by molar-refractivity contribution is 5.76. The molecule has 1 heterocycles. The molecule has 0 bridgehead atoms. The second-order valence-electron chi connectivity index (χ2n) is 4.27. The standard InChI is InChI=1S/C16H12N2O/c1-17-14-9-5-6-10-15(14)18(16(17)19)12-11-13-7-3-2-4-8-13/h2-10H,1H3. The van der Waals surface area contributed by atoms with E-state index in [1.807, 2.05) is 54.6 Å². The van der Waals surface area contributed by atoms with Crippen molar-refractivity contribution in [2.24, 2.45) is 7.05 Å². The van der Waals surface area contributed by atoms with E-state index in [1.165, 1.54) is 4.57 Å². The van der Waals surface area contributed by atoms with E-state index in [4.69, 9.17) is 0 Å². The van der Waals surface area contributed by atoms with Crippen LogP contribution in [0.2, 0.25) is 0 Å². The molecule has 0 N–H and O–H groups in total. The van der Waals surface area contributed by atoms with Crippen LogP contribution in [0.15, 0.2) is 59.4 Å².